The molecule has 2 aliphatic rings. The van der Waals surface area contributed by atoms with Gasteiger partial charge in [-0.15, -0.1) is 0 Å². The molecule has 0 atom stereocenters. The monoisotopic (exact) mass is 345 g/mol. The quantitative estimate of drug-likeness (QED) is 0.888. The Hall–Kier alpha value is -2.08. The molecule has 0 saturated carbocycles. The molecule has 2 saturated heterocycles. The summed E-state index contributed by atoms with van der Waals surface area (Å²) in [6.07, 6.45) is 2.04. The Labute approximate surface area is 149 Å². The van der Waals surface area contributed by atoms with Crippen molar-refractivity contribution in [3.63, 3.8) is 0 Å². The van der Waals surface area contributed by atoms with Crippen LogP contribution in [0, 0.1) is 13.8 Å². The van der Waals surface area contributed by atoms with Crippen LogP contribution in [-0.4, -0.2) is 67.0 Å². The summed E-state index contributed by atoms with van der Waals surface area (Å²) in [5.41, 5.74) is 2.36. The lowest BCUT2D eigenvalue weighted by atomic mass is 10.1. The van der Waals surface area contributed by atoms with Gasteiger partial charge in [-0.2, -0.15) is 0 Å². The Morgan fingerprint density at radius 2 is 2.00 bits per heavy atom. The normalized spacial score (nSPS) is 19.6. The van der Waals surface area contributed by atoms with Crippen molar-refractivity contribution in [2.24, 2.45) is 0 Å². The summed E-state index contributed by atoms with van der Waals surface area (Å²) in [7, 11) is 0. The zero-order chi connectivity index (χ0) is 17.8. The maximum atomic E-state index is 12.3. The zero-order valence-corrected chi connectivity index (χ0v) is 15.1. The molecule has 136 valence electrons. The molecular formula is C19H27N3O3. The Morgan fingerprint density at radius 3 is 2.72 bits per heavy atom. The number of benzene rings is 1. The van der Waals surface area contributed by atoms with Crippen molar-refractivity contribution in [3.8, 4) is 5.75 Å². The van der Waals surface area contributed by atoms with Crippen LogP contribution in [0.1, 0.15) is 24.0 Å². The average Bonchev–Trinajstić information content (AvgIpc) is 2.60. The Bertz CT molecular complexity index is 639. The summed E-state index contributed by atoms with van der Waals surface area (Å²) in [6.45, 7) is 7.57. The molecule has 2 fully saturated rings. The first-order chi connectivity index (χ1) is 12.0. The number of rotatable bonds is 4. The molecule has 25 heavy (non-hydrogen) atoms. The second-order valence-electron chi connectivity index (χ2n) is 7.03. The summed E-state index contributed by atoms with van der Waals surface area (Å²) >= 11 is 0. The Morgan fingerprint density at radius 1 is 1.24 bits per heavy atom. The minimum Gasteiger partial charge on any atom is -0.490 e. The van der Waals surface area contributed by atoms with Crippen molar-refractivity contribution >= 4 is 11.8 Å². The van der Waals surface area contributed by atoms with Gasteiger partial charge in [0, 0.05) is 26.2 Å². The van der Waals surface area contributed by atoms with Crippen molar-refractivity contribution in [1.29, 1.82) is 0 Å². The number of piperidine rings is 1. The summed E-state index contributed by atoms with van der Waals surface area (Å²) in [5, 5.41) is 2.74. The highest BCUT2D eigenvalue weighted by molar-refractivity contribution is 5.86. The molecule has 3 rings (SSSR count). The van der Waals surface area contributed by atoms with Gasteiger partial charge in [-0.1, -0.05) is 12.1 Å². The maximum absolute atomic E-state index is 12.3. The number of nitrogens with one attached hydrogen (secondary N) is 1. The third-order valence-corrected chi connectivity index (χ3v) is 4.92. The molecule has 1 aromatic carbocycles. The van der Waals surface area contributed by atoms with E-state index in [0.29, 0.717) is 19.6 Å². The third kappa shape index (κ3) is 4.72. The summed E-state index contributed by atoms with van der Waals surface area (Å²) in [5.74, 6) is 0.942. The molecule has 1 aromatic rings. The third-order valence-electron chi connectivity index (χ3n) is 4.92. The van der Waals surface area contributed by atoms with Crippen LogP contribution >= 0.6 is 0 Å². The second-order valence-corrected chi connectivity index (χ2v) is 7.03. The van der Waals surface area contributed by atoms with E-state index >= 15 is 0 Å². The van der Waals surface area contributed by atoms with Gasteiger partial charge < -0.3 is 15.0 Å². The van der Waals surface area contributed by atoms with Gasteiger partial charge in [0.2, 0.25) is 11.8 Å². The van der Waals surface area contributed by atoms with Crippen LogP contribution in [0.5, 0.6) is 5.75 Å². The van der Waals surface area contributed by atoms with Gasteiger partial charge in [0.15, 0.2) is 0 Å². The highest BCUT2D eigenvalue weighted by atomic mass is 16.5. The first-order valence-electron chi connectivity index (χ1n) is 9.02. The maximum Gasteiger partial charge on any atom is 0.239 e. The molecule has 0 aliphatic carbocycles. The van der Waals surface area contributed by atoms with Crippen molar-refractivity contribution in [2.45, 2.75) is 32.8 Å². The lowest BCUT2D eigenvalue weighted by Crippen LogP contribution is -2.53. The molecule has 2 amide bonds. The fourth-order valence-corrected chi connectivity index (χ4v) is 3.34. The molecule has 6 nitrogen and oxygen atoms in total. The van der Waals surface area contributed by atoms with Crippen LogP contribution in [0.4, 0.5) is 0 Å². The number of piperazine rings is 1. The van der Waals surface area contributed by atoms with E-state index in [9.17, 15) is 9.59 Å². The molecule has 0 aromatic heterocycles. The van der Waals surface area contributed by atoms with Gasteiger partial charge >= 0.3 is 0 Å². The first-order valence-corrected chi connectivity index (χ1v) is 9.02. The van der Waals surface area contributed by atoms with Gasteiger partial charge in [0.1, 0.15) is 11.9 Å². The molecule has 0 bridgehead atoms. The van der Waals surface area contributed by atoms with Crippen LogP contribution < -0.4 is 10.1 Å². The molecular weight excluding hydrogens is 318 g/mol. The Balaban J connectivity index is 1.46. The smallest absolute Gasteiger partial charge is 0.239 e. The standard InChI is InChI=1S/C19H27N3O3/c1-14-3-4-15(2)17(11-14)25-16-5-8-21(9-6-16)13-19(24)22-10-7-20-18(23)12-22/h3-4,11,16H,5-10,12-13H2,1-2H3,(H,20,23). The van der Waals surface area contributed by atoms with E-state index in [0.717, 1.165) is 37.2 Å². The van der Waals surface area contributed by atoms with E-state index in [1.165, 1.54) is 5.56 Å². The summed E-state index contributed by atoms with van der Waals surface area (Å²) in [4.78, 5) is 27.6. The van der Waals surface area contributed by atoms with Gasteiger partial charge in [-0.25, -0.2) is 0 Å². The number of hydrogen-bond acceptors (Lipinski definition) is 4. The molecule has 6 heteroatoms. The number of nitrogens with zero attached hydrogens (tertiary/aromatic N) is 2. The van der Waals surface area contributed by atoms with Crippen molar-refractivity contribution in [1.82, 2.24) is 15.1 Å². The number of carbonyl (C=O) groups excluding carboxylic acids is 2. The topological polar surface area (TPSA) is 61.9 Å². The van der Waals surface area contributed by atoms with E-state index in [4.69, 9.17) is 4.74 Å². The minimum atomic E-state index is -0.0692. The van der Waals surface area contributed by atoms with E-state index < -0.39 is 0 Å². The summed E-state index contributed by atoms with van der Waals surface area (Å²) < 4.78 is 6.18. The van der Waals surface area contributed by atoms with Gasteiger partial charge in [0.05, 0.1) is 13.1 Å². The molecule has 1 N–H and O–H groups in total. The molecule has 0 unspecified atom stereocenters. The predicted molar refractivity (Wildman–Crippen MR) is 95.6 cm³/mol. The van der Waals surface area contributed by atoms with E-state index in [-0.39, 0.29) is 24.5 Å². The van der Waals surface area contributed by atoms with Crippen LogP contribution in [0.15, 0.2) is 18.2 Å². The number of likely N-dealkylation sites (tertiary alicyclic amines) is 1. The number of ether oxygens (including phenoxy) is 1. The fraction of sp³-hybridized carbons (Fsp3) is 0.579. The SMILES string of the molecule is Cc1ccc(C)c(OC2CCN(CC(=O)N3CCNC(=O)C3)CC2)c1. The van der Waals surface area contributed by atoms with Crippen molar-refractivity contribution in [3.05, 3.63) is 29.3 Å². The highest BCUT2D eigenvalue weighted by Gasteiger charge is 2.26. The van der Waals surface area contributed by atoms with Gasteiger partial charge in [0.25, 0.3) is 0 Å². The molecule has 0 spiro atoms. The van der Waals surface area contributed by atoms with Gasteiger partial charge in [-0.3, -0.25) is 14.5 Å². The largest absolute Gasteiger partial charge is 0.490 e. The number of carbonyl (C=O) groups is 2. The van der Waals surface area contributed by atoms with E-state index in [1.807, 2.05) is 0 Å². The summed E-state index contributed by atoms with van der Waals surface area (Å²) in [6, 6.07) is 6.27. The minimum absolute atomic E-state index is 0.0451. The lowest BCUT2D eigenvalue weighted by molar-refractivity contribution is -0.139. The number of amides is 2. The zero-order valence-electron chi connectivity index (χ0n) is 15.1. The predicted octanol–water partition coefficient (Wildman–Crippen LogP) is 1.11. The molecule has 0 radical (unpaired) electrons. The van der Waals surface area contributed by atoms with Crippen LogP contribution in [0.25, 0.3) is 0 Å². The first kappa shape index (κ1) is 17.7. The second kappa shape index (κ2) is 7.87. The van der Waals surface area contributed by atoms with E-state index in [1.54, 1.807) is 4.90 Å². The van der Waals surface area contributed by atoms with Crippen LogP contribution in [0.2, 0.25) is 0 Å². The van der Waals surface area contributed by atoms with Crippen LogP contribution in [0.3, 0.4) is 0 Å². The fourth-order valence-electron chi connectivity index (χ4n) is 3.34. The number of aryl methyl sites for hydroxylation is 2. The lowest BCUT2D eigenvalue weighted by Gasteiger charge is -2.34. The molecule has 2 heterocycles. The van der Waals surface area contributed by atoms with Crippen LogP contribution in [-0.2, 0) is 9.59 Å². The Kier molecular flexibility index (Phi) is 5.58. The van der Waals surface area contributed by atoms with E-state index in [2.05, 4.69) is 42.3 Å². The van der Waals surface area contributed by atoms with Crippen molar-refractivity contribution in [2.75, 3.05) is 39.3 Å². The highest BCUT2D eigenvalue weighted by Crippen LogP contribution is 2.24. The van der Waals surface area contributed by atoms with Crippen molar-refractivity contribution < 1.29 is 14.3 Å². The average molecular weight is 345 g/mol. The van der Waals surface area contributed by atoms with Gasteiger partial charge in [-0.05, 0) is 43.9 Å². The number of hydrogen-bond donors (Lipinski definition) is 1. The molecule has 2 aliphatic heterocycles.